The number of esters is 1. The lowest BCUT2D eigenvalue weighted by molar-refractivity contribution is 0.0225. The zero-order valence-electron chi connectivity index (χ0n) is 19.4. The van der Waals surface area contributed by atoms with E-state index in [0.717, 1.165) is 39.2 Å². The Balaban J connectivity index is 1.75. The fourth-order valence-electron chi connectivity index (χ4n) is 5.28. The second kappa shape index (κ2) is 7.49. The van der Waals surface area contributed by atoms with Crippen molar-refractivity contribution >= 4 is 17.3 Å². The summed E-state index contributed by atoms with van der Waals surface area (Å²) >= 11 is 0. The maximum absolute atomic E-state index is 13.7. The zero-order valence-corrected chi connectivity index (χ0v) is 19.4. The number of para-hydroxylation sites is 3. The van der Waals surface area contributed by atoms with Gasteiger partial charge in [0.05, 0.1) is 11.3 Å². The van der Waals surface area contributed by atoms with Gasteiger partial charge in [0.1, 0.15) is 11.5 Å². The van der Waals surface area contributed by atoms with Gasteiger partial charge in [-0.3, -0.25) is 0 Å². The highest BCUT2D eigenvalue weighted by Gasteiger charge is 2.55. The van der Waals surface area contributed by atoms with Gasteiger partial charge in [0, 0.05) is 22.4 Å². The summed E-state index contributed by atoms with van der Waals surface area (Å²) < 4.78 is 12.7. The first kappa shape index (κ1) is 20.5. The molecule has 2 aliphatic rings. The van der Waals surface area contributed by atoms with Gasteiger partial charge in [-0.15, -0.1) is 0 Å². The van der Waals surface area contributed by atoms with Crippen molar-refractivity contribution < 1.29 is 14.3 Å². The highest BCUT2D eigenvalue weighted by atomic mass is 16.6. The van der Waals surface area contributed by atoms with Gasteiger partial charge >= 0.3 is 5.97 Å². The van der Waals surface area contributed by atoms with Gasteiger partial charge in [0.2, 0.25) is 0 Å². The molecule has 0 fully saturated rings. The van der Waals surface area contributed by atoms with Gasteiger partial charge in [-0.2, -0.15) is 0 Å². The number of carbonyl (C=O) groups excluding carboxylic acids is 1. The van der Waals surface area contributed by atoms with Gasteiger partial charge in [-0.05, 0) is 48.2 Å². The third-order valence-corrected chi connectivity index (χ3v) is 6.77. The molecule has 0 unspecified atom stereocenters. The zero-order chi connectivity index (χ0) is 23.4. The van der Waals surface area contributed by atoms with Gasteiger partial charge in [0.15, 0.2) is 5.60 Å². The van der Waals surface area contributed by atoms with Crippen molar-refractivity contribution in [2.75, 3.05) is 5.32 Å². The number of hydrogen-bond acceptors (Lipinski definition) is 4. The molecule has 168 valence electrons. The van der Waals surface area contributed by atoms with Crippen molar-refractivity contribution in [3.63, 3.8) is 0 Å². The summed E-state index contributed by atoms with van der Waals surface area (Å²) in [6.07, 6.45) is 0. The van der Waals surface area contributed by atoms with Crippen molar-refractivity contribution in [3.8, 4) is 11.5 Å². The minimum absolute atomic E-state index is 0.159. The van der Waals surface area contributed by atoms with Gasteiger partial charge in [0.25, 0.3) is 0 Å². The number of aryl methyl sites for hydroxylation is 1. The molecular weight excluding hydrogens is 422 g/mol. The van der Waals surface area contributed by atoms with Crippen LogP contribution in [0.1, 0.15) is 57.9 Å². The van der Waals surface area contributed by atoms with Crippen LogP contribution in [0.15, 0.2) is 84.9 Å². The van der Waals surface area contributed by atoms with Crippen molar-refractivity contribution in [2.45, 2.75) is 32.3 Å². The van der Waals surface area contributed by atoms with E-state index in [1.54, 1.807) is 0 Å². The lowest BCUT2D eigenvalue weighted by Gasteiger charge is -2.37. The molecule has 4 heteroatoms. The second-order valence-corrected chi connectivity index (χ2v) is 9.22. The van der Waals surface area contributed by atoms with Crippen LogP contribution in [0.5, 0.6) is 11.5 Å². The Labute approximate surface area is 199 Å². The SMILES string of the molecule is Cc1cc(C(C)C)c2c(c1Nc1ccccc1)C1(OC2=O)c2ccccc2Oc2ccccc21. The fourth-order valence-corrected chi connectivity index (χ4v) is 5.28. The summed E-state index contributed by atoms with van der Waals surface area (Å²) in [6, 6.07) is 27.8. The normalized spacial score (nSPS) is 14.8. The van der Waals surface area contributed by atoms with E-state index < -0.39 is 5.60 Å². The molecule has 1 N–H and O–H groups in total. The minimum Gasteiger partial charge on any atom is -0.456 e. The number of anilines is 2. The summed E-state index contributed by atoms with van der Waals surface area (Å²) in [4.78, 5) is 13.7. The standard InChI is InChI=1S/C30H25NO3/c1-18(2)21-17-19(3)28(31-20-11-5-4-6-12-20)27-26(21)29(32)34-30(27)22-13-7-9-15-24(22)33-25-16-10-8-14-23(25)30/h4-18,31H,1-3H3. The van der Waals surface area contributed by atoms with E-state index in [1.165, 1.54) is 0 Å². The Morgan fingerprint density at radius 2 is 1.41 bits per heavy atom. The van der Waals surface area contributed by atoms with E-state index >= 15 is 0 Å². The number of ether oxygens (including phenoxy) is 2. The smallest absolute Gasteiger partial charge is 0.340 e. The Kier molecular flexibility index (Phi) is 4.53. The van der Waals surface area contributed by atoms with Crippen LogP contribution in [0.3, 0.4) is 0 Å². The molecule has 4 nitrogen and oxygen atoms in total. The van der Waals surface area contributed by atoms with Crippen LogP contribution in [0.25, 0.3) is 0 Å². The maximum Gasteiger partial charge on any atom is 0.340 e. The van der Waals surface area contributed by atoms with Crippen LogP contribution in [0.4, 0.5) is 11.4 Å². The third-order valence-electron chi connectivity index (χ3n) is 6.77. The topological polar surface area (TPSA) is 47.6 Å². The van der Waals surface area contributed by atoms with Crippen molar-refractivity contribution in [3.05, 3.63) is 118 Å². The summed E-state index contributed by atoms with van der Waals surface area (Å²) in [5.41, 5.74) is 5.95. The van der Waals surface area contributed by atoms with Gasteiger partial charge in [-0.25, -0.2) is 4.79 Å². The molecule has 2 heterocycles. The molecule has 0 aliphatic carbocycles. The Morgan fingerprint density at radius 1 is 0.824 bits per heavy atom. The molecule has 0 amide bonds. The number of rotatable bonds is 3. The van der Waals surface area contributed by atoms with Crippen LogP contribution < -0.4 is 10.1 Å². The van der Waals surface area contributed by atoms with Crippen molar-refractivity contribution in [1.29, 1.82) is 0 Å². The van der Waals surface area contributed by atoms with E-state index in [2.05, 4.69) is 32.2 Å². The minimum atomic E-state index is -1.11. The van der Waals surface area contributed by atoms with Crippen LogP contribution in [-0.4, -0.2) is 5.97 Å². The molecule has 4 aromatic rings. The van der Waals surface area contributed by atoms with E-state index in [-0.39, 0.29) is 11.9 Å². The van der Waals surface area contributed by atoms with Crippen LogP contribution in [-0.2, 0) is 10.3 Å². The first-order valence-corrected chi connectivity index (χ1v) is 11.6. The third kappa shape index (κ3) is 2.81. The van der Waals surface area contributed by atoms with Crippen LogP contribution in [0, 0.1) is 6.92 Å². The molecule has 2 aliphatic heterocycles. The highest BCUT2D eigenvalue weighted by molar-refractivity contribution is 6.02. The number of nitrogens with one attached hydrogen (secondary N) is 1. The molecule has 0 bridgehead atoms. The second-order valence-electron chi connectivity index (χ2n) is 9.22. The lowest BCUT2D eigenvalue weighted by atomic mass is 9.75. The molecular formula is C30H25NO3. The number of benzene rings is 4. The van der Waals surface area contributed by atoms with Crippen LogP contribution in [0.2, 0.25) is 0 Å². The maximum atomic E-state index is 13.7. The summed E-state index contributed by atoms with van der Waals surface area (Å²) in [5.74, 6) is 1.24. The predicted octanol–water partition coefficient (Wildman–Crippen LogP) is 7.43. The molecule has 4 aromatic carbocycles. The summed E-state index contributed by atoms with van der Waals surface area (Å²) in [7, 11) is 0. The molecule has 34 heavy (non-hydrogen) atoms. The van der Waals surface area contributed by atoms with Gasteiger partial charge in [-0.1, -0.05) is 74.5 Å². The van der Waals surface area contributed by atoms with Crippen molar-refractivity contribution in [2.24, 2.45) is 0 Å². The number of hydrogen-bond donors (Lipinski definition) is 1. The quantitative estimate of drug-likeness (QED) is 0.332. The average Bonchev–Trinajstić information content (AvgIpc) is 3.15. The largest absolute Gasteiger partial charge is 0.456 e. The lowest BCUT2D eigenvalue weighted by Crippen LogP contribution is -2.33. The Hall–Kier alpha value is -4.05. The van der Waals surface area contributed by atoms with E-state index in [1.807, 2.05) is 78.9 Å². The van der Waals surface area contributed by atoms with E-state index in [9.17, 15) is 4.79 Å². The first-order chi connectivity index (χ1) is 16.5. The van der Waals surface area contributed by atoms with Crippen LogP contribution >= 0.6 is 0 Å². The van der Waals surface area contributed by atoms with Gasteiger partial charge < -0.3 is 14.8 Å². The molecule has 6 rings (SSSR count). The monoisotopic (exact) mass is 447 g/mol. The fraction of sp³-hybridized carbons (Fsp3) is 0.167. The molecule has 0 saturated carbocycles. The molecule has 0 saturated heterocycles. The average molecular weight is 448 g/mol. The Bertz CT molecular complexity index is 1390. The first-order valence-electron chi connectivity index (χ1n) is 11.6. The van der Waals surface area contributed by atoms with E-state index in [4.69, 9.17) is 9.47 Å². The molecule has 1 spiro atoms. The van der Waals surface area contributed by atoms with Crippen molar-refractivity contribution in [1.82, 2.24) is 0 Å². The van der Waals surface area contributed by atoms with E-state index in [0.29, 0.717) is 17.1 Å². The summed E-state index contributed by atoms with van der Waals surface area (Å²) in [6.45, 7) is 6.32. The number of carbonyl (C=O) groups is 1. The molecule has 0 radical (unpaired) electrons. The summed E-state index contributed by atoms with van der Waals surface area (Å²) in [5, 5.41) is 3.62. The Morgan fingerprint density at radius 3 is 2.03 bits per heavy atom. The highest BCUT2D eigenvalue weighted by Crippen LogP contribution is 2.59. The molecule has 0 atom stereocenters. The predicted molar refractivity (Wildman–Crippen MR) is 133 cm³/mol. The number of fused-ring (bicyclic) bond motifs is 6. The molecule has 0 aromatic heterocycles.